The predicted molar refractivity (Wildman–Crippen MR) is 92.9 cm³/mol. The van der Waals surface area contributed by atoms with Gasteiger partial charge in [-0.2, -0.15) is 0 Å². The Labute approximate surface area is 152 Å². The van der Waals surface area contributed by atoms with E-state index < -0.39 is 0 Å². The van der Waals surface area contributed by atoms with E-state index in [1.165, 1.54) is 36.0 Å². The van der Waals surface area contributed by atoms with E-state index in [0.29, 0.717) is 0 Å². The van der Waals surface area contributed by atoms with Crippen LogP contribution in [0, 0.1) is 5.41 Å². The number of aldehydes is 1. The van der Waals surface area contributed by atoms with Gasteiger partial charge < -0.3 is 0 Å². The van der Waals surface area contributed by atoms with Gasteiger partial charge in [-0.3, -0.25) is 4.79 Å². The van der Waals surface area contributed by atoms with Gasteiger partial charge in [-0.15, -0.1) is 0 Å². The summed E-state index contributed by atoms with van der Waals surface area (Å²) in [6.45, 7) is 10.9. The third-order valence-corrected chi connectivity index (χ3v) is 4.10. The van der Waals surface area contributed by atoms with Crippen molar-refractivity contribution in [1.82, 2.24) is 0 Å². The molecule has 0 atom stereocenters. The molecule has 0 aromatic carbocycles. The molecule has 0 radical (unpaired) electrons. The van der Waals surface area contributed by atoms with E-state index in [1.807, 2.05) is 19.1 Å². The van der Waals surface area contributed by atoms with Gasteiger partial charge in [0.05, 0.1) is 0 Å². The quantitative estimate of drug-likeness (QED) is 0.281. The van der Waals surface area contributed by atoms with Crippen molar-refractivity contribution < 1.29 is 28.5 Å². The molecule has 23 heavy (non-hydrogen) atoms. The Balaban J connectivity index is 0.00000232. The van der Waals surface area contributed by atoms with Gasteiger partial charge in [0, 0.05) is 0 Å². The van der Waals surface area contributed by atoms with Gasteiger partial charge in [-0.1, -0.05) is 55.4 Å². The first-order valence-corrected chi connectivity index (χ1v) is 8.56. The van der Waals surface area contributed by atoms with E-state index in [4.69, 9.17) is 3.32 Å². The summed E-state index contributed by atoms with van der Waals surface area (Å²) in [6.07, 6.45) is 16.6. The third kappa shape index (κ3) is 8.34. The molecule has 0 aliphatic heterocycles. The summed E-state index contributed by atoms with van der Waals surface area (Å²) in [4.78, 5) is 10.3. The third-order valence-electron chi connectivity index (χ3n) is 4.10. The minimum absolute atomic E-state index is 0.290. The van der Waals surface area contributed by atoms with Crippen LogP contribution in [0.2, 0.25) is 0 Å². The number of hydrogen-bond donors (Lipinski definition) is 0. The molecule has 0 bridgehead atoms. The molecule has 2 nitrogen and oxygen atoms in total. The molecule has 124 valence electrons. The zero-order chi connectivity index (χ0) is 17.9. The molecule has 0 N–H and O–H groups in total. The van der Waals surface area contributed by atoms with Crippen LogP contribution in [0.3, 0.4) is 0 Å². The van der Waals surface area contributed by atoms with Crippen LogP contribution in [-0.4, -0.2) is 6.29 Å². The Hall–Kier alpha value is -1.12. The predicted octanol–water partition coefficient (Wildman–Crippen LogP) is 5.60. The van der Waals surface area contributed by atoms with Crippen molar-refractivity contribution in [1.29, 1.82) is 0 Å². The second-order valence-electron chi connectivity index (χ2n) is 6.58. The molecule has 0 aromatic rings. The van der Waals surface area contributed by atoms with Crippen molar-refractivity contribution in [2.45, 2.75) is 53.9 Å². The fraction of sp³-hybridized carbons (Fsp3) is 0.450. The van der Waals surface area contributed by atoms with E-state index in [9.17, 15) is 4.79 Å². The fourth-order valence-corrected chi connectivity index (χ4v) is 2.80. The number of hydrogen-bond acceptors (Lipinski definition) is 2. The van der Waals surface area contributed by atoms with Crippen LogP contribution in [0.25, 0.3) is 0 Å². The van der Waals surface area contributed by atoms with E-state index in [-0.39, 0.29) is 5.41 Å². The molecule has 0 spiro atoms. The number of allylic oxidation sites excluding steroid dienone is 10. The summed E-state index contributed by atoms with van der Waals surface area (Å²) in [5.41, 5.74) is 5.48. The molecule has 0 heterocycles. The van der Waals surface area contributed by atoms with Crippen LogP contribution >= 0.6 is 0 Å². The zero-order valence-corrected chi connectivity index (χ0v) is 16.5. The molecular formula is C20H28O2Ti. The van der Waals surface area contributed by atoms with Gasteiger partial charge >= 0.3 is 23.7 Å². The van der Waals surface area contributed by atoms with Crippen molar-refractivity contribution in [3.8, 4) is 0 Å². The molecule has 1 aliphatic rings. The van der Waals surface area contributed by atoms with Crippen LogP contribution in [0.5, 0.6) is 0 Å². The van der Waals surface area contributed by atoms with Gasteiger partial charge in [0.2, 0.25) is 0 Å². The summed E-state index contributed by atoms with van der Waals surface area (Å²) in [7, 11) is 0. The molecule has 1 aliphatic carbocycles. The molecule has 3 heteroatoms. The average molecular weight is 348 g/mol. The fourth-order valence-electron chi connectivity index (χ4n) is 2.80. The van der Waals surface area contributed by atoms with Gasteiger partial charge in [0.25, 0.3) is 0 Å². The molecular weight excluding hydrogens is 320 g/mol. The Morgan fingerprint density at radius 3 is 2.26 bits per heavy atom. The molecule has 0 unspecified atom stereocenters. The van der Waals surface area contributed by atoms with Crippen molar-refractivity contribution in [2.24, 2.45) is 5.41 Å². The normalized spacial score (nSPS) is 19.0. The monoisotopic (exact) mass is 348 g/mol. The first-order valence-electron chi connectivity index (χ1n) is 7.92. The first-order chi connectivity index (χ1) is 10.9. The summed E-state index contributed by atoms with van der Waals surface area (Å²) in [6, 6.07) is 0. The Bertz CT molecular complexity index is 546. The second-order valence-corrected chi connectivity index (χ2v) is 6.58. The van der Waals surface area contributed by atoms with Crippen molar-refractivity contribution in [3.63, 3.8) is 0 Å². The number of carbonyl (C=O) groups excluding carboxylic acids is 1. The maximum atomic E-state index is 10.3. The maximum absolute atomic E-state index is 10.3. The van der Waals surface area contributed by atoms with E-state index in [0.717, 1.165) is 32.3 Å². The van der Waals surface area contributed by atoms with Gasteiger partial charge in [-0.25, -0.2) is 0 Å². The second kappa shape index (κ2) is 11.4. The van der Waals surface area contributed by atoms with Gasteiger partial charge in [0.1, 0.15) is 6.29 Å². The standard InChI is InChI=1S/C20H28O.O.Ti/c1-16(8-6-9-17(2)13-15-21)11-12-19-18(3)10-7-14-20(19,4)5;;/h6,8-9,11-13,15H,7,10,14H2,1-5H3;;/b9-6+,12-11+,16-8+,17-13+;;. The van der Waals surface area contributed by atoms with Gasteiger partial charge in [-0.05, 0) is 62.7 Å². The summed E-state index contributed by atoms with van der Waals surface area (Å²) in [5, 5.41) is 0. The van der Waals surface area contributed by atoms with Gasteiger partial charge in [0.15, 0.2) is 0 Å². The Morgan fingerprint density at radius 2 is 1.70 bits per heavy atom. The van der Waals surface area contributed by atoms with E-state index >= 15 is 0 Å². The Morgan fingerprint density at radius 1 is 1.09 bits per heavy atom. The Kier molecular flexibility index (Phi) is 10.9. The minimum atomic E-state index is 0.290. The van der Waals surface area contributed by atoms with Crippen molar-refractivity contribution >= 4 is 6.29 Å². The first kappa shape index (κ1) is 21.9. The molecule has 1 rings (SSSR count). The van der Waals surface area contributed by atoms with Crippen molar-refractivity contribution in [2.75, 3.05) is 0 Å². The molecule has 0 saturated carbocycles. The zero-order valence-electron chi connectivity index (χ0n) is 15.0. The SMILES string of the molecule is CC1=C(/C=C/C(C)=C/C=C/C(C)=C/C=O)C(C)(C)CCC1.[O]=[Ti]. The van der Waals surface area contributed by atoms with E-state index in [2.05, 4.69) is 45.9 Å². The summed E-state index contributed by atoms with van der Waals surface area (Å²) >= 11 is 0.750. The van der Waals surface area contributed by atoms with Crippen LogP contribution in [0.1, 0.15) is 53.9 Å². The number of carbonyl (C=O) groups is 1. The molecule has 0 amide bonds. The van der Waals surface area contributed by atoms with Crippen molar-refractivity contribution in [3.05, 3.63) is 58.7 Å². The molecule has 0 saturated heterocycles. The topological polar surface area (TPSA) is 34.1 Å². The summed E-state index contributed by atoms with van der Waals surface area (Å²) < 4.78 is 8.25. The average Bonchev–Trinajstić information content (AvgIpc) is 2.48. The van der Waals surface area contributed by atoms with E-state index in [1.54, 1.807) is 6.08 Å². The van der Waals surface area contributed by atoms with Crippen LogP contribution in [0.4, 0.5) is 0 Å². The molecule has 0 fully saturated rings. The van der Waals surface area contributed by atoms with Crippen LogP contribution < -0.4 is 0 Å². The number of rotatable bonds is 5. The summed E-state index contributed by atoms with van der Waals surface area (Å²) in [5.74, 6) is 0. The molecule has 0 aromatic heterocycles. The van der Waals surface area contributed by atoms with Crippen LogP contribution in [0.15, 0.2) is 58.7 Å². The van der Waals surface area contributed by atoms with Crippen LogP contribution in [-0.2, 0) is 28.5 Å².